The zero-order chi connectivity index (χ0) is 14.1. The van der Waals surface area contributed by atoms with Crippen molar-refractivity contribution in [1.82, 2.24) is 9.47 Å². The Hall–Kier alpha value is -2.10. The Kier molecular flexibility index (Phi) is 3.30. The molecule has 0 spiro atoms. The normalized spacial score (nSPS) is 17.9. The van der Waals surface area contributed by atoms with Crippen LogP contribution in [0.15, 0.2) is 42.6 Å². The second kappa shape index (κ2) is 5.12. The molecular formula is C16H17FN2O. The number of nitrogens with zero attached hydrogens (tertiary/aromatic N) is 2. The zero-order valence-electron chi connectivity index (χ0n) is 11.4. The van der Waals surface area contributed by atoms with E-state index in [1.165, 1.54) is 6.07 Å². The van der Waals surface area contributed by atoms with E-state index in [9.17, 15) is 9.18 Å². The van der Waals surface area contributed by atoms with Gasteiger partial charge in [-0.1, -0.05) is 18.2 Å². The summed E-state index contributed by atoms with van der Waals surface area (Å²) in [5.74, 6) is -0.330. The number of carbonyl (C=O) groups is 1. The molecule has 0 N–H and O–H groups in total. The predicted molar refractivity (Wildman–Crippen MR) is 74.7 cm³/mol. The Morgan fingerprint density at radius 2 is 2.05 bits per heavy atom. The summed E-state index contributed by atoms with van der Waals surface area (Å²) in [7, 11) is 0. The maximum atomic E-state index is 13.6. The minimum absolute atomic E-state index is 0.0185. The number of fused-ring (bicyclic) bond motifs is 1. The van der Waals surface area contributed by atoms with Crippen LogP contribution in [0, 0.1) is 5.82 Å². The lowest BCUT2D eigenvalue weighted by Crippen LogP contribution is -2.41. The van der Waals surface area contributed by atoms with Gasteiger partial charge in [0.15, 0.2) is 0 Å². The van der Waals surface area contributed by atoms with E-state index >= 15 is 0 Å². The van der Waals surface area contributed by atoms with Crippen molar-refractivity contribution in [2.75, 3.05) is 6.54 Å². The van der Waals surface area contributed by atoms with E-state index in [4.69, 9.17) is 0 Å². The molecule has 0 saturated heterocycles. The largest absolute Gasteiger partial charge is 0.348 e. The molecule has 2 heterocycles. The molecule has 104 valence electrons. The first kappa shape index (κ1) is 12.9. The van der Waals surface area contributed by atoms with Crippen molar-refractivity contribution < 1.29 is 9.18 Å². The quantitative estimate of drug-likeness (QED) is 0.825. The van der Waals surface area contributed by atoms with Gasteiger partial charge in [-0.15, -0.1) is 0 Å². The Bertz CT molecular complexity index is 635. The molecule has 0 radical (unpaired) electrons. The lowest BCUT2D eigenvalue weighted by Gasteiger charge is -2.35. The maximum absolute atomic E-state index is 13.6. The third kappa shape index (κ3) is 2.22. The standard InChI is InChI=1S/C16H17FN2O/c1-12-15-7-4-8-18(15)9-10-19(12)16(20)11-13-5-2-3-6-14(13)17/h2-8,12H,9-11H2,1H3. The first-order chi connectivity index (χ1) is 9.66. The van der Waals surface area contributed by atoms with Crippen LogP contribution >= 0.6 is 0 Å². The zero-order valence-corrected chi connectivity index (χ0v) is 11.4. The number of halogens is 1. The SMILES string of the molecule is CC1c2cccn2CCN1C(=O)Cc1ccccc1F. The van der Waals surface area contributed by atoms with Gasteiger partial charge in [-0.05, 0) is 30.7 Å². The summed E-state index contributed by atoms with van der Waals surface area (Å²) in [6, 6.07) is 10.5. The van der Waals surface area contributed by atoms with Gasteiger partial charge in [0.2, 0.25) is 5.91 Å². The van der Waals surface area contributed by atoms with Crippen LogP contribution in [0.25, 0.3) is 0 Å². The van der Waals surface area contributed by atoms with E-state index in [0.29, 0.717) is 12.1 Å². The predicted octanol–water partition coefficient (Wildman–Crippen LogP) is 2.77. The van der Waals surface area contributed by atoms with Gasteiger partial charge in [0.05, 0.1) is 12.5 Å². The first-order valence-corrected chi connectivity index (χ1v) is 6.84. The average Bonchev–Trinajstić information content (AvgIpc) is 2.91. The molecule has 0 saturated carbocycles. The van der Waals surface area contributed by atoms with E-state index < -0.39 is 0 Å². The summed E-state index contributed by atoms with van der Waals surface area (Å²) in [5.41, 5.74) is 1.60. The van der Waals surface area contributed by atoms with Gasteiger partial charge in [0, 0.05) is 25.0 Å². The molecule has 1 amide bonds. The molecule has 3 rings (SSSR count). The summed E-state index contributed by atoms with van der Waals surface area (Å²) in [6.07, 6.45) is 2.15. The second-order valence-electron chi connectivity index (χ2n) is 5.16. The molecule has 1 unspecified atom stereocenters. The van der Waals surface area contributed by atoms with Crippen molar-refractivity contribution in [3.05, 3.63) is 59.7 Å². The van der Waals surface area contributed by atoms with Gasteiger partial charge in [-0.3, -0.25) is 4.79 Å². The van der Waals surface area contributed by atoms with Crippen LogP contribution in [-0.2, 0) is 17.8 Å². The highest BCUT2D eigenvalue weighted by molar-refractivity contribution is 5.79. The molecule has 20 heavy (non-hydrogen) atoms. The molecule has 3 nitrogen and oxygen atoms in total. The molecule has 4 heteroatoms. The van der Waals surface area contributed by atoms with Crippen LogP contribution in [0.3, 0.4) is 0 Å². The number of amides is 1. The lowest BCUT2D eigenvalue weighted by molar-refractivity contribution is -0.133. The van der Waals surface area contributed by atoms with E-state index in [0.717, 1.165) is 12.2 Å². The van der Waals surface area contributed by atoms with Crippen molar-refractivity contribution >= 4 is 5.91 Å². The third-order valence-electron chi connectivity index (χ3n) is 3.96. The fraction of sp³-hybridized carbons (Fsp3) is 0.312. The number of hydrogen-bond acceptors (Lipinski definition) is 1. The van der Waals surface area contributed by atoms with Gasteiger partial charge in [-0.2, -0.15) is 0 Å². The number of benzene rings is 1. The topological polar surface area (TPSA) is 25.2 Å². The van der Waals surface area contributed by atoms with Gasteiger partial charge >= 0.3 is 0 Å². The van der Waals surface area contributed by atoms with E-state index in [1.54, 1.807) is 18.2 Å². The molecule has 1 aromatic heterocycles. The van der Waals surface area contributed by atoms with Gasteiger partial charge in [0.1, 0.15) is 5.82 Å². The molecule has 1 aliphatic rings. The van der Waals surface area contributed by atoms with Crippen LogP contribution < -0.4 is 0 Å². The fourth-order valence-corrected chi connectivity index (χ4v) is 2.83. The molecule has 2 aromatic rings. The third-order valence-corrected chi connectivity index (χ3v) is 3.96. The first-order valence-electron chi connectivity index (χ1n) is 6.84. The average molecular weight is 272 g/mol. The molecular weight excluding hydrogens is 255 g/mol. The van der Waals surface area contributed by atoms with Crippen LogP contribution in [-0.4, -0.2) is 21.9 Å². The van der Waals surface area contributed by atoms with Crippen molar-refractivity contribution in [3.8, 4) is 0 Å². The fourth-order valence-electron chi connectivity index (χ4n) is 2.83. The molecule has 1 aliphatic heterocycles. The highest BCUT2D eigenvalue weighted by atomic mass is 19.1. The molecule has 0 fully saturated rings. The van der Waals surface area contributed by atoms with Crippen molar-refractivity contribution in [2.24, 2.45) is 0 Å². The molecule has 1 atom stereocenters. The summed E-state index contributed by atoms with van der Waals surface area (Å²) in [4.78, 5) is 14.2. The number of aromatic nitrogens is 1. The smallest absolute Gasteiger partial charge is 0.227 e. The lowest BCUT2D eigenvalue weighted by atomic mass is 10.1. The van der Waals surface area contributed by atoms with Crippen LogP contribution in [0.1, 0.15) is 24.2 Å². The summed E-state index contributed by atoms with van der Waals surface area (Å²) >= 11 is 0. The Morgan fingerprint density at radius 3 is 2.85 bits per heavy atom. The molecule has 0 bridgehead atoms. The minimum Gasteiger partial charge on any atom is -0.348 e. The van der Waals surface area contributed by atoms with Crippen LogP contribution in [0.2, 0.25) is 0 Å². The number of rotatable bonds is 2. The van der Waals surface area contributed by atoms with Crippen molar-refractivity contribution in [2.45, 2.75) is 25.9 Å². The minimum atomic E-state index is -0.311. The summed E-state index contributed by atoms with van der Waals surface area (Å²) < 4.78 is 15.8. The van der Waals surface area contributed by atoms with Gasteiger partial charge in [0.25, 0.3) is 0 Å². The second-order valence-corrected chi connectivity index (χ2v) is 5.16. The van der Waals surface area contributed by atoms with Crippen LogP contribution in [0.4, 0.5) is 4.39 Å². The van der Waals surface area contributed by atoms with Gasteiger partial charge < -0.3 is 9.47 Å². The molecule has 0 aliphatic carbocycles. The van der Waals surface area contributed by atoms with Crippen molar-refractivity contribution in [3.63, 3.8) is 0 Å². The number of hydrogen-bond donors (Lipinski definition) is 0. The van der Waals surface area contributed by atoms with E-state index in [1.807, 2.05) is 30.2 Å². The number of carbonyl (C=O) groups excluding carboxylic acids is 1. The van der Waals surface area contributed by atoms with Crippen LogP contribution in [0.5, 0.6) is 0 Å². The van der Waals surface area contributed by atoms with E-state index in [-0.39, 0.29) is 24.2 Å². The summed E-state index contributed by atoms with van der Waals surface area (Å²) in [6.45, 7) is 3.50. The Balaban J connectivity index is 1.77. The van der Waals surface area contributed by atoms with E-state index in [2.05, 4.69) is 4.57 Å². The monoisotopic (exact) mass is 272 g/mol. The highest BCUT2D eigenvalue weighted by Gasteiger charge is 2.27. The maximum Gasteiger partial charge on any atom is 0.227 e. The van der Waals surface area contributed by atoms with Crippen molar-refractivity contribution in [1.29, 1.82) is 0 Å². The Morgan fingerprint density at radius 1 is 1.25 bits per heavy atom. The molecule has 1 aromatic carbocycles. The van der Waals surface area contributed by atoms with Gasteiger partial charge in [-0.25, -0.2) is 4.39 Å². The summed E-state index contributed by atoms with van der Waals surface area (Å²) in [5, 5.41) is 0. The highest BCUT2D eigenvalue weighted by Crippen LogP contribution is 2.26. The Labute approximate surface area is 117 Å².